The minimum atomic E-state index is 0.0740. The van der Waals surface area contributed by atoms with Gasteiger partial charge >= 0.3 is 0 Å². The van der Waals surface area contributed by atoms with Crippen LogP contribution in [-0.2, 0) is 4.74 Å². The van der Waals surface area contributed by atoms with Gasteiger partial charge in [0.2, 0.25) is 5.75 Å². The maximum absolute atomic E-state index is 12.2. The SMILES string of the molecule is COc1cc(C(=O)CCCC2CO2)cc(OC)c1OC. The van der Waals surface area contributed by atoms with Gasteiger partial charge < -0.3 is 18.9 Å². The molecule has 0 spiro atoms. The summed E-state index contributed by atoms with van der Waals surface area (Å²) in [5, 5.41) is 0. The standard InChI is InChI=1S/C15H20O5/c1-17-13-7-10(8-14(18-2)15(13)19-3)12(16)6-4-5-11-9-20-11/h7-8,11H,4-6,9H2,1-3H3. The second kappa shape index (κ2) is 6.61. The molecule has 1 fully saturated rings. The molecule has 5 heteroatoms. The van der Waals surface area contributed by atoms with Crippen molar-refractivity contribution >= 4 is 5.78 Å². The molecule has 0 radical (unpaired) electrons. The predicted molar refractivity (Wildman–Crippen MR) is 74.0 cm³/mol. The number of hydrogen-bond donors (Lipinski definition) is 0. The molecule has 0 aromatic heterocycles. The van der Waals surface area contributed by atoms with Crippen LogP contribution in [-0.4, -0.2) is 39.8 Å². The number of carbonyl (C=O) groups is 1. The summed E-state index contributed by atoms with van der Waals surface area (Å²) in [6.45, 7) is 0.832. The Morgan fingerprint density at radius 2 is 1.80 bits per heavy atom. The van der Waals surface area contributed by atoms with Gasteiger partial charge in [0, 0.05) is 12.0 Å². The Morgan fingerprint density at radius 1 is 1.20 bits per heavy atom. The third kappa shape index (κ3) is 3.42. The molecule has 1 aromatic carbocycles. The maximum atomic E-state index is 12.2. The van der Waals surface area contributed by atoms with Gasteiger partial charge in [0.1, 0.15) is 0 Å². The zero-order valence-corrected chi connectivity index (χ0v) is 12.1. The lowest BCUT2D eigenvalue weighted by atomic mass is 10.0. The summed E-state index contributed by atoms with van der Waals surface area (Å²) in [6.07, 6.45) is 2.64. The number of carbonyl (C=O) groups excluding carboxylic acids is 1. The van der Waals surface area contributed by atoms with E-state index in [4.69, 9.17) is 18.9 Å². The van der Waals surface area contributed by atoms with Crippen LogP contribution in [0.3, 0.4) is 0 Å². The summed E-state index contributed by atoms with van der Waals surface area (Å²) in [5.41, 5.74) is 0.580. The first-order valence-electron chi connectivity index (χ1n) is 6.64. The fraction of sp³-hybridized carbons (Fsp3) is 0.533. The van der Waals surface area contributed by atoms with Gasteiger partial charge in [-0.05, 0) is 25.0 Å². The van der Waals surface area contributed by atoms with Gasteiger partial charge in [-0.25, -0.2) is 0 Å². The molecule has 1 unspecified atom stereocenters. The van der Waals surface area contributed by atoms with Crippen LogP contribution in [0, 0.1) is 0 Å². The normalized spacial score (nSPS) is 16.6. The number of benzene rings is 1. The van der Waals surface area contributed by atoms with Gasteiger partial charge in [-0.3, -0.25) is 4.79 Å². The fourth-order valence-corrected chi connectivity index (χ4v) is 2.11. The molecule has 0 amide bonds. The van der Waals surface area contributed by atoms with E-state index in [0.717, 1.165) is 19.4 Å². The molecule has 110 valence electrons. The molecule has 1 atom stereocenters. The third-order valence-corrected chi connectivity index (χ3v) is 3.32. The lowest BCUT2D eigenvalue weighted by Crippen LogP contribution is -2.03. The molecule has 1 heterocycles. The van der Waals surface area contributed by atoms with Gasteiger partial charge in [-0.2, -0.15) is 0 Å². The van der Waals surface area contributed by atoms with Crippen LogP contribution in [0.2, 0.25) is 0 Å². The number of ether oxygens (including phenoxy) is 4. The first-order chi connectivity index (χ1) is 9.69. The molecule has 1 saturated heterocycles. The highest BCUT2D eigenvalue weighted by molar-refractivity contribution is 5.97. The molecule has 0 N–H and O–H groups in total. The van der Waals surface area contributed by atoms with Crippen molar-refractivity contribution in [2.45, 2.75) is 25.4 Å². The van der Waals surface area contributed by atoms with E-state index in [1.165, 1.54) is 21.3 Å². The number of Topliss-reactive ketones (excluding diaryl/α,β-unsaturated/α-hetero) is 1. The lowest BCUT2D eigenvalue weighted by molar-refractivity contribution is 0.0978. The maximum Gasteiger partial charge on any atom is 0.203 e. The van der Waals surface area contributed by atoms with Crippen LogP contribution < -0.4 is 14.2 Å². The van der Waals surface area contributed by atoms with Crippen LogP contribution in [0.15, 0.2) is 12.1 Å². The number of epoxide rings is 1. The van der Waals surface area contributed by atoms with Crippen molar-refractivity contribution in [1.82, 2.24) is 0 Å². The molecular weight excluding hydrogens is 260 g/mol. The van der Waals surface area contributed by atoms with Crippen LogP contribution in [0.5, 0.6) is 17.2 Å². The van der Waals surface area contributed by atoms with Crippen molar-refractivity contribution in [2.75, 3.05) is 27.9 Å². The highest BCUT2D eigenvalue weighted by Gasteiger charge is 2.22. The highest BCUT2D eigenvalue weighted by Crippen LogP contribution is 2.38. The molecule has 1 aromatic rings. The summed E-state index contributed by atoms with van der Waals surface area (Å²) >= 11 is 0. The quantitative estimate of drug-likeness (QED) is 0.541. The molecule has 1 aliphatic rings. The van der Waals surface area contributed by atoms with E-state index in [-0.39, 0.29) is 5.78 Å². The largest absolute Gasteiger partial charge is 0.493 e. The molecule has 1 aliphatic heterocycles. The second-order valence-corrected chi connectivity index (χ2v) is 4.68. The summed E-state index contributed by atoms with van der Waals surface area (Å²) in [7, 11) is 4.61. The smallest absolute Gasteiger partial charge is 0.203 e. The van der Waals surface area contributed by atoms with Gasteiger partial charge in [-0.15, -0.1) is 0 Å². The van der Waals surface area contributed by atoms with Crippen LogP contribution in [0.1, 0.15) is 29.6 Å². The summed E-state index contributed by atoms with van der Waals surface area (Å²) in [5.74, 6) is 1.57. The van der Waals surface area contributed by atoms with Crippen molar-refractivity contribution in [3.05, 3.63) is 17.7 Å². The molecule has 2 rings (SSSR count). The Kier molecular flexibility index (Phi) is 4.84. The van der Waals surface area contributed by atoms with Crippen molar-refractivity contribution in [2.24, 2.45) is 0 Å². The lowest BCUT2D eigenvalue weighted by Gasteiger charge is -2.13. The zero-order valence-electron chi connectivity index (χ0n) is 12.1. The molecule has 5 nitrogen and oxygen atoms in total. The van der Waals surface area contributed by atoms with Gasteiger partial charge in [0.15, 0.2) is 17.3 Å². The van der Waals surface area contributed by atoms with E-state index in [9.17, 15) is 4.79 Å². The molecule has 20 heavy (non-hydrogen) atoms. The van der Waals surface area contributed by atoms with E-state index in [2.05, 4.69) is 0 Å². The minimum absolute atomic E-state index is 0.0740. The Balaban J connectivity index is 2.10. The molecule has 0 bridgehead atoms. The van der Waals surface area contributed by atoms with E-state index < -0.39 is 0 Å². The summed E-state index contributed by atoms with van der Waals surface area (Å²) in [6, 6.07) is 3.38. The number of methoxy groups -OCH3 is 3. The monoisotopic (exact) mass is 280 g/mol. The van der Waals surface area contributed by atoms with Crippen molar-refractivity contribution < 1.29 is 23.7 Å². The summed E-state index contributed by atoms with van der Waals surface area (Å²) in [4.78, 5) is 12.2. The number of ketones is 1. The minimum Gasteiger partial charge on any atom is -0.493 e. The van der Waals surface area contributed by atoms with Gasteiger partial charge in [-0.1, -0.05) is 0 Å². The van der Waals surface area contributed by atoms with Crippen molar-refractivity contribution in [3.63, 3.8) is 0 Å². The average molecular weight is 280 g/mol. The van der Waals surface area contributed by atoms with Gasteiger partial charge in [0.25, 0.3) is 0 Å². The molecular formula is C15H20O5. The van der Waals surface area contributed by atoms with E-state index in [0.29, 0.717) is 35.3 Å². The van der Waals surface area contributed by atoms with Gasteiger partial charge in [0.05, 0.1) is 34.0 Å². The Labute approximate surface area is 118 Å². The molecule has 0 aliphatic carbocycles. The Hall–Kier alpha value is -1.75. The third-order valence-electron chi connectivity index (χ3n) is 3.32. The first-order valence-corrected chi connectivity index (χ1v) is 6.64. The van der Waals surface area contributed by atoms with Crippen LogP contribution >= 0.6 is 0 Å². The molecule has 0 saturated carbocycles. The number of hydrogen-bond acceptors (Lipinski definition) is 5. The Morgan fingerprint density at radius 3 is 2.25 bits per heavy atom. The number of rotatable bonds is 8. The van der Waals surface area contributed by atoms with Crippen molar-refractivity contribution in [1.29, 1.82) is 0 Å². The fourth-order valence-electron chi connectivity index (χ4n) is 2.11. The average Bonchev–Trinajstić information content (AvgIpc) is 3.29. The predicted octanol–water partition coefficient (Wildman–Crippen LogP) is 2.46. The van der Waals surface area contributed by atoms with E-state index in [1.807, 2.05) is 0 Å². The Bertz CT molecular complexity index is 454. The second-order valence-electron chi connectivity index (χ2n) is 4.68. The summed E-state index contributed by atoms with van der Waals surface area (Å²) < 4.78 is 20.9. The first kappa shape index (κ1) is 14.7. The zero-order chi connectivity index (χ0) is 14.5. The van der Waals surface area contributed by atoms with Crippen molar-refractivity contribution in [3.8, 4) is 17.2 Å². The van der Waals surface area contributed by atoms with Crippen LogP contribution in [0.25, 0.3) is 0 Å². The van der Waals surface area contributed by atoms with Crippen LogP contribution in [0.4, 0.5) is 0 Å². The highest BCUT2D eigenvalue weighted by atomic mass is 16.6. The topological polar surface area (TPSA) is 57.3 Å². The van der Waals surface area contributed by atoms with E-state index >= 15 is 0 Å². The van der Waals surface area contributed by atoms with E-state index in [1.54, 1.807) is 12.1 Å².